The molecule has 0 saturated carbocycles. The molecule has 2 aromatic carbocycles. The lowest BCUT2D eigenvalue weighted by Crippen LogP contribution is -2.37. The van der Waals surface area contributed by atoms with Crippen molar-refractivity contribution < 1.29 is 22.7 Å². The van der Waals surface area contributed by atoms with E-state index < -0.39 is 9.84 Å². The molecule has 0 bridgehead atoms. The van der Waals surface area contributed by atoms with Gasteiger partial charge in [0.2, 0.25) is 5.91 Å². The topological polar surface area (TPSA) is 96.0 Å². The minimum atomic E-state index is -3.28. The van der Waals surface area contributed by atoms with Gasteiger partial charge in [0.1, 0.15) is 0 Å². The lowest BCUT2D eigenvalue weighted by atomic mass is 10.0. The highest BCUT2D eigenvalue weighted by atomic mass is 32.2. The Balaban J connectivity index is 1.15. The smallest absolute Gasteiger partial charge is 0.253 e. The number of nitrogens with zero attached hydrogens (tertiary/aromatic N) is 2. The van der Waals surface area contributed by atoms with Crippen molar-refractivity contribution in [1.29, 1.82) is 0 Å². The number of carbonyl (C=O) groups is 2. The van der Waals surface area contributed by atoms with Crippen LogP contribution < -0.4 is 5.32 Å². The Morgan fingerprint density at radius 1 is 1.00 bits per heavy atom. The summed E-state index contributed by atoms with van der Waals surface area (Å²) < 4.78 is 28.8. The van der Waals surface area contributed by atoms with Gasteiger partial charge in [-0.05, 0) is 54.5 Å². The Kier molecular flexibility index (Phi) is 7.65. The molecule has 3 unspecified atom stereocenters. The average Bonchev–Trinajstić information content (AvgIpc) is 3.63. The van der Waals surface area contributed by atoms with Crippen LogP contribution in [0, 0.1) is 17.8 Å². The normalized spacial score (nSPS) is 24.7. The summed E-state index contributed by atoms with van der Waals surface area (Å²) in [5.74, 6) is 0.829. The second-order valence-electron chi connectivity index (χ2n) is 10.6. The number of rotatable bonds is 8. The highest BCUT2D eigenvalue weighted by Crippen LogP contribution is 2.33. The summed E-state index contributed by atoms with van der Waals surface area (Å²) >= 11 is 0. The highest BCUT2D eigenvalue weighted by molar-refractivity contribution is 7.90. The van der Waals surface area contributed by atoms with Crippen molar-refractivity contribution in [2.45, 2.75) is 23.8 Å². The molecular formula is C28H35N3O5S. The minimum absolute atomic E-state index is 0.0382. The van der Waals surface area contributed by atoms with Gasteiger partial charge in [0.25, 0.3) is 5.91 Å². The molecule has 1 N–H and O–H groups in total. The summed E-state index contributed by atoms with van der Waals surface area (Å²) in [4.78, 5) is 30.4. The number of nitrogens with one attached hydrogen (secondary N) is 1. The summed E-state index contributed by atoms with van der Waals surface area (Å²) in [6.07, 6.45) is 2.77. The van der Waals surface area contributed by atoms with E-state index in [0.717, 1.165) is 44.3 Å². The number of carbonyl (C=O) groups excluding carboxylic acids is 2. The van der Waals surface area contributed by atoms with Crippen LogP contribution in [0.4, 0.5) is 0 Å². The van der Waals surface area contributed by atoms with Crippen molar-refractivity contribution in [3.05, 3.63) is 65.7 Å². The standard InChI is InChI=1S/C28H35N3O5S/c1-37(34,35)25-9-7-21(8-10-25)28(33)31-17-23-15-30(16-24(23)18-31)13-11-26(20-5-3-2-4-6-20)29-27(32)22-12-14-36-19-22/h2-10,22-24,26H,11-19H2,1H3,(H,29,32)/t22?,23-,24?,26?/m0/s1. The molecule has 8 nitrogen and oxygen atoms in total. The van der Waals surface area contributed by atoms with Crippen LogP contribution in [0.25, 0.3) is 0 Å². The Bertz CT molecular complexity index is 1200. The van der Waals surface area contributed by atoms with E-state index in [1.54, 1.807) is 12.1 Å². The van der Waals surface area contributed by atoms with E-state index in [0.29, 0.717) is 43.7 Å². The number of hydrogen-bond donors (Lipinski definition) is 1. The number of ether oxygens (including phenoxy) is 1. The Morgan fingerprint density at radius 3 is 2.27 bits per heavy atom. The highest BCUT2D eigenvalue weighted by Gasteiger charge is 2.41. The van der Waals surface area contributed by atoms with Crippen molar-refractivity contribution >= 4 is 21.7 Å². The molecule has 37 heavy (non-hydrogen) atoms. The quantitative estimate of drug-likeness (QED) is 0.569. The van der Waals surface area contributed by atoms with Gasteiger partial charge in [-0.3, -0.25) is 9.59 Å². The van der Waals surface area contributed by atoms with E-state index >= 15 is 0 Å². The maximum absolute atomic E-state index is 13.0. The number of likely N-dealkylation sites (tertiary alicyclic amines) is 2. The van der Waals surface area contributed by atoms with Gasteiger partial charge in [-0.15, -0.1) is 0 Å². The second-order valence-corrected chi connectivity index (χ2v) is 12.6. The lowest BCUT2D eigenvalue weighted by Gasteiger charge is -2.25. The van der Waals surface area contributed by atoms with Crippen molar-refractivity contribution in [2.75, 3.05) is 52.2 Å². The van der Waals surface area contributed by atoms with Crippen LogP contribution in [0.5, 0.6) is 0 Å². The van der Waals surface area contributed by atoms with Gasteiger partial charge < -0.3 is 19.9 Å². The molecular weight excluding hydrogens is 490 g/mol. The first-order valence-electron chi connectivity index (χ1n) is 13.0. The molecule has 2 aromatic rings. The third-order valence-corrected chi connectivity index (χ3v) is 9.06. The molecule has 0 aromatic heterocycles. The van der Waals surface area contributed by atoms with E-state index in [1.807, 2.05) is 23.1 Å². The van der Waals surface area contributed by atoms with Gasteiger partial charge >= 0.3 is 0 Å². The minimum Gasteiger partial charge on any atom is -0.381 e. The van der Waals surface area contributed by atoms with E-state index in [-0.39, 0.29) is 28.7 Å². The van der Waals surface area contributed by atoms with Crippen LogP contribution in [0.1, 0.15) is 34.8 Å². The number of benzene rings is 2. The fourth-order valence-electron chi connectivity index (χ4n) is 5.82. The summed E-state index contributed by atoms with van der Waals surface area (Å²) in [6.45, 7) is 5.34. The predicted molar refractivity (Wildman–Crippen MR) is 140 cm³/mol. The summed E-state index contributed by atoms with van der Waals surface area (Å²) in [6, 6.07) is 16.3. The van der Waals surface area contributed by atoms with Crippen LogP contribution in [-0.2, 0) is 19.4 Å². The zero-order valence-electron chi connectivity index (χ0n) is 21.2. The molecule has 2 amide bonds. The maximum Gasteiger partial charge on any atom is 0.253 e. The van der Waals surface area contributed by atoms with Gasteiger partial charge in [-0.25, -0.2) is 8.42 Å². The van der Waals surface area contributed by atoms with Crippen molar-refractivity contribution in [3.63, 3.8) is 0 Å². The van der Waals surface area contributed by atoms with E-state index in [9.17, 15) is 18.0 Å². The summed E-state index contributed by atoms with van der Waals surface area (Å²) in [7, 11) is -3.28. The Hall–Kier alpha value is -2.75. The fourth-order valence-corrected chi connectivity index (χ4v) is 6.45. The van der Waals surface area contributed by atoms with Crippen LogP contribution >= 0.6 is 0 Å². The van der Waals surface area contributed by atoms with Crippen molar-refractivity contribution in [3.8, 4) is 0 Å². The van der Waals surface area contributed by atoms with Crippen LogP contribution in [0.15, 0.2) is 59.5 Å². The third-order valence-electron chi connectivity index (χ3n) is 7.93. The molecule has 198 valence electrons. The van der Waals surface area contributed by atoms with E-state index in [4.69, 9.17) is 4.74 Å². The molecule has 0 radical (unpaired) electrons. The Labute approximate surface area is 218 Å². The van der Waals surface area contributed by atoms with Crippen molar-refractivity contribution in [1.82, 2.24) is 15.1 Å². The number of hydrogen-bond acceptors (Lipinski definition) is 6. The van der Waals surface area contributed by atoms with Gasteiger partial charge in [0.15, 0.2) is 9.84 Å². The number of sulfone groups is 1. The first-order valence-corrected chi connectivity index (χ1v) is 14.9. The average molecular weight is 526 g/mol. The van der Waals surface area contributed by atoms with Gasteiger partial charge in [-0.1, -0.05) is 30.3 Å². The number of fused-ring (bicyclic) bond motifs is 1. The number of amides is 2. The molecule has 3 fully saturated rings. The van der Waals surface area contributed by atoms with Crippen LogP contribution in [0.3, 0.4) is 0 Å². The SMILES string of the molecule is CS(=O)(=O)c1ccc(C(=O)N2CC3CN(CCC(NC(=O)C4CCOC4)c4ccccc4)C[C@H]3C2)cc1. The van der Waals surface area contributed by atoms with E-state index in [2.05, 4.69) is 22.3 Å². The lowest BCUT2D eigenvalue weighted by molar-refractivity contribution is -0.125. The monoisotopic (exact) mass is 525 g/mol. The molecule has 0 spiro atoms. The molecule has 4 atom stereocenters. The zero-order chi connectivity index (χ0) is 26.0. The van der Waals surface area contributed by atoms with Crippen LogP contribution in [0.2, 0.25) is 0 Å². The maximum atomic E-state index is 13.0. The molecule has 3 heterocycles. The molecule has 5 rings (SSSR count). The second kappa shape index (κ2) is 10.9. The first-order chi connectivity index (χ1) is 17.8. The predicted octanol–water partition coefficient (Wildman–Crippen LogP) is 2.38. The molecule has 3 aliphatic heterocycles. The molecule has 9 heteroatoms. The van der Waals surface area contributed by atoms with Crippen molar-refractivity contribution in [2.24, 2.45) is 17.8 Å². The van der Waals surface area contributed by atoms with E-state index in [1.165, 1.54) is 12.1 Å². The Morgan fingerprint density at radius 2 is 1.68 bits per heavy atom. The van der Waals surface area contributed by atoms with Gasteiger partial charge in [0.05, 0.1) is 23.5 Å². The largest absolute Gasteiger partial charge is 0.381 e. The molecule has 3 aliphatic rings. The summed E-state index contributed by atoms with van der Waals surface area (Å²) in [5.41, 5.74) is 1.64. The van der Waals surface area contributed by atoms with Crippen LogP contribution in [-0.4, -0.2) is 82.2 Å². The molecule has 3 saturated heterocycles. The first kappa shape index (κ1) is 25.9. The molecule has 0 aliphatic carbocycles. The van der Waals surface area contributed by atoms with Gasteiger partial charge in [-0.2, -0.15) is 0 Å². The fraction of sp³-hybridized carbons (Fsp3) is 0.500. The van der Waals surface area contributed by atoms with Gasteiger partial charge in [0, 0.05) is 51.1 Å². The third kappa shape index (κ3) is 6.05. The summed E-state index contributed by atoms with van der Waals surface area (Å²) in [5, 5.41) is 3.27. The zero-order valence-corrected chi connectivity index (χ0v) is 22.0.